The number of unbranched alkanes of at least 4 members (excludes halogenated alkanes) is 1. The first-order chi connectivity index (χ1) is 6.83. The average Bonchev–Trinajstić information content (AvgIpc) is 2.54. The normalized spacial score (nSPS) is 15.5. The van der Waals surface area contributed by atoms with Crippen molar-refractivity contribution in [2.75, 3.05) is 12.3 Å². The Labute approximate surface area is 84.0 Å². The Morgan fingerprint density at radius 2 is 2.43 bits per heavy atom. The van der Waals surface area contributed by atoms with Crippen molar-refractivity contribution in [3.8, 4) is 0 Å². The molecule has 4 nitrogen and oxygen atoms in total. The number of aryl methyl sites for hydroxylation is 1. The highest BCUT2D eigenvalue weighted by Crippen LogP contribution is 2.22. The van der Waals surface area contributed by atoms with Gasteiger partial charge in [-0.15, -0.1) is 0 Å². The molecular weight excluding hydrogens is 178 g/mol. The molecule has 0 saturated carbocycles. The van der Waals surface area contributed by atoms with Gasteiger partial charge in [-0.05, 0) is 6.42 Å². The molecule has 2 N–H and O–H groups in total. The van der Waals surface area contributed by atoms with Crippen LogP contribution in [-0.2, 0) is 24.3 Å². The van der Waals surface area contributed by atoms with Crippen LogP contribution in [0.3, 0.4) is 0 Å². The molecule has 2 rings (SSSR count). The molecule has 78 valence electrons. The number of hydrogen-bond donors (Lipinski definition) is 1. The van der Waals surface area contributed by atoms with Gasteiger partial charge in [-0.25, -0.2) is 4.68 Å². The van der Waals surface area contributed by atoms with Crippen molar-refractivity contribution in [1.29, 1.82) is 0 Å². The molecule has 0 unspecified atom stereocenters. The van der Waals surface area contributed by atoms with Crippen LogP contribution in [0.5, 0.6) is 0 Å². The Hall–Kier alpha value is -1.03. The lowest BCUT2D eigenvalue weighted by atomic mass is 10.1. The molecule has 0 atom stereocenters. The second kappa shape index (κ2) is 4.00. The van der Waals surface area contributed by atoms with Gasteiger partial charge >= 0.3 is 0 Å². The van der Waals surface area contributed by atoms with Gasteiger partial charge < -0.3 is 10.5 Å². The van der Waals surface area contributed by atoms with E-state index in [9.17, 15) is 0 Å². The molecule has 0 bridgehead atoms. The Kier molecular flexibility index (Phi) is 2.72. The molecule has 4 heteroatoms. The largest absolute Gasteiger partial charge is 0.384 e. The van der Waals surface area contributed by atoms with E-state index < -0.39 is 0 Å². The van der Waals surface area contributed by atoms with Gasteiger partial charge in [-0.2, -0.15) is 5.10 Å². The van der Waals surface area contributed by atoms with Crippen LogP contribution >= 0.6 is 0 Å². The predicted molar refractivity (Wildman–Crippen MR) is 54.9 cm³/mol. The second-order valence-electron chi connectivity index (χ2n) is 3.69. The van der Waals surface area contributed by atoms with Crippen molar-refractivity contribution in [3.63, 3.8) is 0 Å². The van der Waals surface area contributed by atoms with Crippen LogP contribution in [0.2, 0.25) is 0 Å². The van der Waals surface area contributed by atoms with Crippen LogP contribution in [0.4, 0.5) is 5.82 Å². The Morgan fingerprint density at radius 1 is 1.57 bits per heavy atom. The van der Waals surface area contributed by atoms with Gasteiger partial charge in [0.1, 0.15) is 5.82 Å². The van der Waals surface area contributed by atoms with Crippen molar-refractivity contribution in [3.05, 3.63) is 11.3 Å². The lowest BCUT2D eigenvalue weighted by Crippen LogP contribution is -2.09. The highest BCUT2D eigenvalue weighted by Gasteiger charge is 2.18. The fraction of sp³-hybridized carbons (Fsp3) is 0.700. The zero-order valence-electron chi connectivity index (χ0n) is 8.62. The number of hydrogen-bond acceptors (Lipinski definition) is 3. The van der Waals surface area contributed by atoms with Gasteiger partial charge in [0.15, 0.2) is 0 Å². The molecule has 1 aromatic heterocycles. The topological polar surface area (TPSA) is 53.1 Å². The van der Waals surface area contributed by atoms with Crippen LogP contribution < -0.4 is 5.73 Å². The van der Waals surface area contributed by atoms with Gasteiger partial charge in [-0.1, -0.05) is 13.3 Å². The lowest BCUT2D eigenvalue weighted by molar-refractivity contribution is 0.110. The van der Waals surface area contributed by atoms with E-state index in [1.807, 2.05) is 4.68 Å². The minimum absolute atomic E-state index is 0.632. The van der Waals surface area contributed by atoms with Crippen molar-refractivity contribution in [1.82, 2.24) is 9.78 Å². The van der Waals surface area contributed by atoms with Crippen LogP contribution in [0.15, 0.2) is 0 Å². The summed E-state index contributed by atoms with van der Waals surface area (Å²) < 4.78 is 7.28. The van der Waals surface area contributed by atoms with E-state index in [1.54, 1.807) is 0 Å². The van der Waals surface area contributed by atoms with E-state index >= 15 is 0 Å². The SMILES string of the molecule is CCCCn1nc2c(c1N)COCC2. The lowest BCUT2D eigenvalue weighted by Gasteiger charge is -2.10. The molecule has 0 aromatic carbocycles. The molecule has 0 saturated heterocycles. The summed E-state index contributed by atoms with van der Waals surface area (Å²) in [6, 6.07) is 0. The van der Waals surface area contributed by atoms with Crippen LogP contribution in [0, 0.1) is 0 Å². The summed E-state index contributed by atoms with van der Waals surface area (Å²) in [4.78, 5) is 0. The minimum Gasteiger partial charge on any atom is -0.384 e. The summed E-state index contributed by atoms with van der Waals surface area (Å²) in [6.45, 7) is 4.50. The maximum Gasteiger partial charge on any atom is 0.127 e. The predicted octanol–water partition coefficient (Wildman–Crippen LogP) is 1.34. The zero-order chi connectivity index (χ0) is 9.97. The highest BCUT2D eigenvalue weighted by molar-refractivity contribution is 5.43. The molecule has 1 aliphatic rings. The quantitative estimate of drug-likeness (QED) is 0.791. The number of nitrogens with two attached hydrogens (primary N) is 1. The molecule has 14 heavy (non-hydrogen) atoms. The van der Waals surface area contributed by atoms with E-state index in [1.165, 1.54) is 6.42 Å². The van der Waals surface area contributed by atoms with Gasteiger partial charge in [0, 0.05) is 18.5 Å². The average molecular weight is 195 g/mol. The van der Waals surface area contributed by atoms with Gasteiger partial charge in [0.05, 0.1) is 18.9 Å². The fourth-order valence-electron chi connectivity index (χ4n) is 1.74. The monoisotopic (exact) mass is 195 g/mol. The number of nitrogens with zero attached hydrogens (tertiary/aromatic N) is 2. The van der Waals surface area contributed by atoms with Gasteiger partial charge in [0.25, 0.3) is 0 Å². The number of nitrogen functional groups attached to an aromatic ring is 1. The van der Waals surface area contributed by atoms with Gasteiger partial charge in [0.2, 0.25) is 0 Å². The minimum atomic E-state index is 0.632. The van der Waals surface area contributed by atoms with Crippen LogP contribution in [0.25, 0.3) is 0 Å². The summed E-state index contributed by atoms with van der Waals surface area (Å²) in [5.74, 6) is 0.799. The number of ether oxygens (including phenoxy) is 1. The maximum atomic E-state index is 5.99. The van der Waals surface area contributed by atoms with E-state index in [2.05, 4.69) is 12.0 Å². The molecule has 0 radical (unpaired) electrons. The van der Waals surface area contributed by atoms with E-state index in [-0.39, 0.29) is 0 Å². The first kappa shape index (κ1) is 9.52. The third-order valence-corrected chi connectivity index (χ3v) is 2.63. The summed E-state index contributed by atoms with van der Waals surface area (Å²) >= 11 is 0. The van der Waals surface area contributed by atoms with Crippen molar-refractivity contribution in [2.45, 2.75) is 39.3 Å². The van der Waals surface area contributed by atoms with Crippen LogP contribution in [-0.4, -0.2) is 16.4 Å². The Balaban J connectivity index is 2.20. The molecule has 0 amide bonds. The third-order valence-electron chi connectivity index (χ3n) is 2.63. The standard InChI is InChI=1S/C10H17N3O/c1-2-3-5-13-10(11)8-7-14-6-4-9(8)12-13/h2-7,11H2,1H3. The van der Waals surface area contributed by atoms with Crippen molar-refractivity contribution < 1.29 is 4.74 Å². The smallest absolute Gasteiger partial charge is 0.127 e. The number of aromatic nitrogens is 2. The molecular formula is C10H17N3O. The van der Waals surface area contributed by atoms with Crippen LogP contribution in [0.1, 0.15) is 31.0 Å². The zero-order valence-corrected chi connectivity index (χ0v) is 8.62. The molecule has 0 aliphatic carbocycles. The van der Waals surface area contributed by atoms with Gasteiger partial charge in [-0.3, -0.25) is 0 Å². The van der Waals surface area contributed by atoms with E-state index in [0.29, 0.717) is 6.61 Å². The molecule has 0 spiro atoms. The van der Waals surface area contributed by atoms with E-state index in [4.69, 9.17) is 10.5 Å². The summed E-state index contributed by atoms with van der Waals surface area (Å²) in [5.41, 5.74) is 8.22. The summed E-state index contributed by atoms with van der Waals surface area (Å²) in [5, 5.41) is 4.50. The molecule has 1 aliphatic heterocycles. The molecule has 1 aromatic rings. The summed E-state index contributed by atoms with van der Waals surface area (Å²) in [6.07, 6.45) is 3.20. The Morgan fingerprint density at radius 3 is 3.14 bits per heavy atom. The number of anilines is 1. The number of fused-ring (bicyclic) bond motifs is 1. The number of rotatable bonds is 3. The fourth-order valence-corrected chi connectivity index (χ4v) is 1.74. The van der Waals surface area contributed by atoms with Crippen molar-refractivity contribution >= 4 is 5.82 Å². The second-order valence-corrected chi connectivity index (χ2v) is 3.69. The molecule has 2 heterocycles. The highest BCUT2D eigenvalue weighted by atomic mass is 16.5. The van der Waals surface area contributed by atoms with E-state index in [0.717, 1.165) is 43.1 Å². The summed E-state index contributed by atoms with van der Waals surface area (Å²) in [7, 11) is 0. The molecule has 0 fully saturated rings. The third kappa shape index (κ3) is 1.62. The van der Waals surface area contributed by atoms with Crippen molar-refractivity contribution in [2.24, 2.45) is 0 Å². The Bertz CT molecular complexity index is 319. The first-order valence-electron chi connectivity index (χ1n) is 5.24. The maximum absolute atomic E-state index is 5.99. The first-order valence-corrected chi connectivity index (χ1v) is 5.24.